The molecule has 1 aromatic carbocycles. The van der Waals surface area contributed by atoms with Crippen molar-refractivity contribution in [2.45, 2.75) is 33.1 Å². The fraction of sp³-hybridized carbons (Fsp3) is 0.500. The normalized spacial score (nSPS) is 11.4. The Kier molecular flexibility index (Phi) is 5.27. The van der Waals surface area contributed by atoms with Gasteiger partial charge in [0.2, 0.25) is 0 Å². The number of nitrogens with one attached hydrogen (secondary N) is 1. The van der Waals surface area contributed by atoms with Crippen LogP contribution >= 0.6 is 0 Å². The number of rotatable bonds is 7. The summed E-state index contributed by atoms with van der Waals surface area (Å²) in [5, 5.41) is 7.42. The molecule has 0 amide bonds. The van der Waals surface area contributed by atoms with Gasteiger partial charge in [-0.1, -0.05) is 19.9 Å². The van der Waals surface area contributed by atoms with Gasteiger partial charge in [0.1, 0.15) is 0 Å². The van der Waals surface area contributed by atoms with E-state index in [2.05, 4.69) is 0 Å². The Hall–Kier alpha value is -1.65. The maximum Gasteiger partial charge on any atom is 0.190 e. The Morgan fingerprint density at radius 3 is 2.37 bits per heavy atom. The van der Waals surface area contributed by atoms with E-state index in [4.69, 9.17) is 15.9 Å². The zero-order chi connectivity index (χ0) is 14.5. The summed E-state index contributed by atoms with van der Waals surface area (Å²) in [4.78, 5) is 0. The second kappa shape index (κ2) is 6.50. The van der Waals surface area contributed by atoms with Crippen molar-refractivity contribution in [2.24, 2.45) is 11.1 Å². The third-order valence-electron chi connectivity index (χ3n) is 3.09. The van der Waals surface area contributed by atoms with Crippen molar-refractivity contribution in [2.75, 3.05) is 6.61 Å². The Morgan fingerprint density at radius 2 is 1.84 bits per heavy atom. The largest absolute Gasteiger partial charge is 0.488 e. The number of benzene rings is 1. The van der Waals surface area contributed by atoms with Crippen molar-refractivity contribution in [3.63, 3.8) is 0 Å². The first-order valence-electron chi connectivity index (χ1n) is 6.26. The fourth-order valence-electron chi connectivity index (χ4n) is 1.60. The standard InChI is InChI=1S/C14H20F2N2O/c1-14(2,13(17)18)8-3-4-9-19-12-10(15)6-5-7-11(12)16/h5-7H,3-4,8-9H2,1-2H3,(H3,17,18). The summed E-state index contributed by atoms with van der Waals surface area (Å²) in [6.45, 7) is 4.03. The molecule has 0 aliphatic carbocycles. The van der Waals surface area contributed by atoms with E-state index in [9.17, 15) is 8.78 Å². The summed E-state index contributed by atoms with van der Waals surface area (Å²) >= 11 is 0. The summed E-state index contributed by atoms with van der Waals surface area (Å²) < 4.78 is 31.6. The van der Waals surface area contributed by atoms with Crippen molar-refractivity contribution < 1.29 is 13.5 Å². The quantitative estimate of drug-likeness (QED) is 0.453. The monoisotopic (exact) mass is 270 g/mol. The molecule has 0 unspecified atom stereocenters. The molecule has 1 rings (SSSR count). The molecular formula is C14H20F2N2O. The topological polar surface area (TPSA) is 59.1 Å². The van der Waals surface area contributed by atoms with E-state index in [1.807, 2.05) is 13.8 Å². The second-order valence-corrected chi connectivity index (χ2v) is 5.15. The van der Waals surface area contributed by atoms with Gasteiger partial charge in [-0.15, -0.1) is 0 Å². The zero-order valence-corrected chi connectivity index (χ0v) is 11.3. The molecule has 5 heteroatoms. The Balaban J connectivity index is 2.34. The van der Waals surface area contributed by atoms with Gasteiger partial charge in [0.15, 0.2) is 17.4 Å². The number of para-hydroxylation sites is 1. The number of amidine groups is 1. The third kappa shape index (κ3) is 4.50. The molecule has 3 N–H and O–H groups in total. The Bertz CT molecular complexity index is 427. The predicted octanol–water partition coefficient (Wildman–Crippen LogP) is 3.48. The van der Waals surface area contributed by atoms with Crippen molar-refractivity contribution in [3.8, 4) is 5.75 Å². The van der Waals surface area contributed by atoms with E-state index in [1.165, 1.54) is 6.07 Å². The van der Waals surface area contributed by atoms with Crippen LogP contribution in [0.15, 0.2) is 18.2 Å². The van der Waals surface area contributed by atoms with Gasteiger partial charge in [0.25, 0.3) is 0 Å². The van der Waals surface area contributed by atoms with E-state index in [1.54, 1.807) is 0 Å². The van der Waals surface area contributed by atoms with Crippen molar-refractivity contribution in [3.05, 3.63) is 29.8 Å². The van der Waals surface area contributed by atoms with Crippen LogP contribution in [0.2, 0.25) is 0 Å². The lowest BCUT2D eigenvalue weighted by atomic mass is 9.86. The highest BCUT2D eigenvalue weighted by molar-refractivity contribution is 5.82. The smallest absolute Gasteiger partial charge is 0.190 e. The van der Waals surface area contributed by atoms with Gasteiger partial charge in [-0.2, -0.15) is 0 Å². The number of unbranched alkanes of at least 4 members (excludes halogenated alkanes) is 1. The molecule has 0 aliphatic heterocycles. The van der Waals surface area contributed by atoms with Gasteiger partial charge in [-0.3, -0.25) is 5.41 Å². The predicted molar refractivity (Wildman–Crippen MR) is 71.4 cm³/mol. The summed E-state index contributed by atoms with van der Waals surface area (Å²) in [6.07, 6.45) is 2.18. The van der Waals surface area contributed by atoms with Gasteiger partial charge in [0, 0.05) is 5.41 Å². The van der Waals surface area contributed by atoms with Crippen LogP contribution in [0.3, 0.4) is 0 Å². The maximum atomic E-state index is 13.2. The average Bonchev–Trinajstić information content (AvgIpc) is 2.31. The van der Waals surface area contributed by atoms with Crippen LogP contribution < -0.4 is 10.5 Å². The molecule has 19 heavy (non-hydrogen) atoms. The van der Waals surface area contributed by atoms with E-state index in [-0.39, 0.29) is 23.6 Å². The van der Waals surface area contributed by atoms with Gasteiger partial charge in [0.05, 0.1) is 12.4 Å². The molecule has 0 fully saturated rings. The molecule has 0 spiro atoms. The van der Waals surface area contributed by atoms with Crippen LogP contribution in [-0.2, 0) is 0 Å². The van der Waals surface area contributed by atoms with Crippen LogP contribution in [0.1, 0.15) is 33.1 Å². The molecule has 0 heterocycles. The summed E-state index contributed by atoms with van der Waals surface area (Å²) in [5.74, 6) is -1.56. The third-order valence-corrected chi connectivity index (χ3v) is 3.09. The Labute approximate surface area is 112 Å². The van der Waals surface area contributed by atoms with Crippen molar-refractivity contribution >= 4 is 5.84 Å². The first-order chi connectivity index (χ1) is 8.84. The molecule has 0 saturated carbocycles. The van der Waals surface area contributed by atoms with Crippen LogP contribution in [0.4, 0.5) is 8.78 Å². The van der Waals surface area contributed by atoms with Gasteiger partial charge in [-0.25, -0.2) is 8.78 Å². The van der Waals surface area contributed by atoms with Gasteiger partial charge < -0.3 is 10.5 Å². The van der Waals surface area contributed by atoms with E-state index in [0.717, 1.165) is 25.0 Å². The highest BCUT2D eigenvalue weighted by atomic mass is 19.1. The molecule has 3 nitrogen and oxygen atoms in total. The van der Waals surface area contributed by atoms with Crippen LogP contribution in [-0.4, -0.2) is 12.4 Å². The van der Waals surface area contributed by atoms with E-state index < -0.39 is 11.6 Å². The molecule has 0 atom stereocenters. The lowest BCUT2D eigenvalue weighted by Gasteiger charge is -2.22. The molecule has 0 aromatic heterocycles. The molecule has 106 valence electrons. The minimum absolute atomic E-state index is 0.147. The highest BCUT2D eigenvalue weighted by Crippen LogP contribution is 2.24. The molecule has 0 aliphatic rings. The first kappa shape index (κ1) is 15.4. The lowest BCUT2D eigenvalue weighted by molar-refractivity contribution is 0.270. The molecular weight excluding hydrogens is 250 g/mol. The Morgan fingerprint density at radius 1 is 1.26 bits per heavy atom. The summed E-state index contributed by atoms with van der Waals surface area (Å²) in [5.41, 5.74) is 5.12. The van der Waals surface area contributed by atoms with E-state index in [0.29, 0.717) is 6.42 Å². The second-order valence-electron chi connectivity index (χ2n) is 5.15. The number of halogens is 2. The minimum atomic E-state index is -0.691. The minimum Gasteiger partial charge on any atom is -0.488 e. The fourth-order valence-corrected chi connectivity index (χ4v) is 1.60. The van der Waals surface area contributed by atoms with Crippen LogP contribution in [0.5, 0.6) is 5.75 Å². The first-order valence-corrected chi connectivity index (χ1v) is 6.26. The maximum absolute atomic E-state index is 13.2. The number of nitrogens with two attached hydrogens (primary N) is 1. The molecule has 0 bridgehead atoms. The van der Waals surface area contributed by atoms with Crippen molar-refractivity contribution in [1.82, 2.24) is 0 Å². The van der Waals surface area contributed by atoms with Crippen molar-refractivity contribution in [1.29, 1.82) is 5.41 Å². The number of ether oxygens (including phenoxy) is 1. The van der Waals surface area contributed by atoms with E-state index >= 15 is 0 Å². The SMILES string of the molecule is CC(C)(CCCCOc1c(F)cccc1F)C(=N)N. The molecule has 0 radical (unpaired) electrons. The summed E-state index contributed by atoms with van der Waals surface area (Å²) in [6, 6.07) is 3.63. The molecule has 0 saturated heterocycles. The average molecular weight is 270 g/mol. The summed E-state index contributed by atoms with van der Waals surface area (Å²) in [7, 11) is 0. The van der Waals surface area contributed by atoms with Gasteiger partial charge >= 0.3 is 0 Å². The number of hydrogen-bond acceptors (Lipinski definition) is 2. The van der Waals surface area contributed by atoms with Crippen LogP contribution in [0, 0.1) is 22.5 Å². The van der Waals surface area contributed by atoms with Gasteiger partial charge in [-0.05, 0) is 31.4 Å². The lowest BCUT2D eigenvalue weighted by Crippen LogP contribution is -2.30. The zero-order valence-electron chi connectivity index (χ0n) is 11.3. The van der Waals surface area contributed by atoms with Crippen LogP contribution in [0.25, 0.3) is 0 Å². The highest BCUT2D eigenvalue weighted by Gasteiger charge is 2.20. The number of hydrogen-bond donors (Lipinski definition) is 2. The molecule has 1 aromatic rings.